The number of nitrogens with two attached hydrogens (primary N) is 1. The summed E-state index contributed by atoms with van der Waals surface area (Å²) >= 11 is 1.45. The van der Waals surface area contributed by atoms with Crippen molar-refractivity contribution in [3.05, 3.63) is 22.4 Å². The Morgan fingerprint density at radius 2 is 1.86 bits per heavy atom. The second kappa shape index (κ2) is 7.04. The average Bonchev–Trinajstić information content (AvgIpc) is 2.99. The van der Waals surface area contributed by atoms with Crippen LogP contribution in [0.3, 0.4) is 0 Å². The highest BCUT2D eigenvalue weighted by molar-refractivity contribution is 7.12. The predicted molar refractivity (Wildman–Crippen MR) is 84.2 cm³/mol. The molecule has 1 fully saturated rings. The van der Waals surface area contributed by atoms with Crippen LogP contribution in [0.25, 0.3) is 0 Å². The summed E-state index contributed by atoms with van der Waals surface area (Å²) in [5, 5.41) is 1.90. The quantitative estimate of drug-likeness (QED) is 0.914. The molecular weight excluding hydrogens is 286 g/mol. The van der Waals surface area contributed by atoms with E-state index in [9.17, 15) is 9.59 Å². The molecule has 1 saturated heterocycles. The molecule has 1 aromatic rings. The summed E-state index contributed by atoms with van der Waals surface area (Å²) in [7, 11) is 0. The van der Waals surface area contributed by atoms with Gasteiger partial charge in [0.1, 0.15) is 0 Å². The maximum Gasteiger partial charge on any atom is 0.264 e. The van der Waals surface area contributed by atoms with Crippen molar-refractivity contribution in [1.82, 2.24) is 9.80 Å². The molecule has 21 heavy (non-hydrogen) atoms. The fraction of sp³-hybridized carbons (Fsp3) is 0.600. The molecule has 0 unspecified atom stereocenters. The lowest BCUT2D eigenvalue weighted by molar-refractivity contribution is -0.134. The van der Waals surface area contributed by atoms with Gasteiger partial charge in [0.2, 0.25) is 5.91 Å². The summed E-state index contributed by atoms with van der Waals surface area (Å²) in [5.41, 5.74) is 5.95. The Kier molecular flexibility index (Phi) is 5.36. The van der Waals surface area contributed by atoms with E-state index in [4.69, 9.17) is 5.73 Å². The van der Waals surface area contributed by atoms with E-state index in [0.717, 1.165) is 4.88 Å². The molecule has 0 spiro atoms. The van der Waals surface area contributed by atoms with Crippen molar-refractivity contribution in [2.45, 2.75) is 26.3 Å². The van der Waals surface area contributed by atoms with Gasteiger partial charge in [-0.05, 0) is 23.8 Å². The van der Waals surface area contributed by atoms with E-state index in [-0.39, 0.29) is 11.8 Å². The Morgan fingerprint density at radius 1 is 1.24 bits per heavy atom. The first-order chi connectivity index (χ1) is 9.99. The summed E-state index contributed by atoms with van der Waals surface area (Å²) in [5.74, 6) is 0.473. The first-order valence-electron chi connectivity index (χ1n) is 7.36. The zero-order valence-electron chi connectivity index (χ0n) is 12.6. The van der Waals surface area contributed by atoms with Gasteiger partial charge in [0.25, 0.3) is 5.91 Å². The Bertz CT molecular complexity index is 479. The second-order valence-electron chi connectivity index (χ2n) is 5.83. The Hall–Kier alpha value is -1.40. The minimum Gasteiger partial charge on any atom is -0.338 e. The first kappa shape index (κ1) is 16.0. The van der Waals surface area contributed by atoms with Gasteiger partial charge in [0.05, 0.1) is 10.9 Å². The van der Waals surface area contributed by atoms with Gasteiger partial charge < -0.3 is 15.5 Å². The lowest BCUT2D eigenvalue weighted by Crippen LogP contribution is -2.54. The van der Waals surface area contributed by atoms with E-state index in [0.29, 0.717) is 38.5 Å². The average molecular weight is 309 g/mol. The molecule has 6 heteroatoms. The number of carbonyl (C=O) groups excluding carboxylic acids is 2. The van der Waals surface area contributed by atoms with Crippen LogP contribution >= 0.6 is 11.3 Å². The van der Waals surface area contributed by atoms with E-state index in [2.05, 4.69) is 13.8 Å². The largest absolute Gasteiger partial charge is 0.338 e. The van der Waals surface area contributed by atoms with Gasteiger partial charge in [-0.1, -0.05) is 19.9 Å². The second-order valence-corrected chi connectivity index (χ2v) is 6.78. The van der Waals surface area contributed by atoms with Crippen LogP contribution in [0.15, 0.2) is 17.5 Å². The molecule has 0 radical (unpaired) electrons. The Balaban J connectivity index is 1.85. The van der Waals surface area contributed by atoms with Gasteiger partial charge in [-0.3, -0.25) is 9.59 Å². The molecule has 0 aliphatic carbocycles. The Morgan fingerprint density at radius 3 is 2.38 bits per heavy atom. The monoisotopic (exact) mass is 309 g/mol. The SMILES string of the molecule is CC(C)C[C@@H](N)C(=O)N1CCN(C(=O)c2cccs2)CC1. The fourth-order valence-corrected chi connectivity index (χ4v) is 3.22. The number of hydrogen-bond donors (Lipinski definition) is 1. The van der Waals surface area contributed by atoms with Crippen LogP contribution in [0.1, 0.15) is 29.9 Å². The fourth-order valence-electron chi connectivity index (χ4n) is 2.53. The third-order valence-electron chi connectivity index (χ3n) is 3.65. The number of piperazine rings is 1. The smallest absolute Gasteiger partial charge is 0.264 e. The van der Waals surface area contributed by atoms with Crippen molar-refractivity contribution in [2.75, 3.05) is 26.2 Å². The van der Waals surface area contributed by atoms with Crippen molar-refractivity contribution in [1.29, 1.82) is 0 Å². The van der Waals surface area contributed by atoms with Crippen molar-refractivity contribution >= 4 is 23.2 Å². The maximum absolute atomic E-state index is 12.2. The van der Waals surface area contributed by atoms with E-state index in [1.807, 2.05) is 22.4 Å². The first-order valence-corrected chi connectivity index (χ1v) is 8.24. The lowest BCUT2D eigenvalue weighted by atomic mass is 10.0. The zero-order chi connectivity index (χ0) is 15.4. The van der Waals surface area contributed by atoms with E-state index >= 15 is 0 Å². The van der Waals surface area contributed by atoms with Crippen LogP contribution in [0.5, 0.6) is 0 Å². The normalized spacial score (nSPS) is 17.1. The summed E-state index contributed by atoms with van der Waals surface area (Å²) < 4.78 is 0. The molecule has 2 amide bonds. The summed E-state index contributed by atoms with van der Waals surface area (Å²) in [6.07, 6.45) is 0.702. The third kappa shape index (κ3) is 4.04. The van der Waals surface area contributed by atoms with E-state index < -0.39 is 6.04 Å². The number of thiophene rings is 1. The molecule has 1 aliphatic rings. The summed E-state index contributed by atoms with van der Waals surface area (Å²) in [4.78, 5) is 28.8. The van der Waals surface area contributed by atoms with Gasteiger partial charge >= 0.3 is 0 Å². The molecule has 116 valence electrons. The molecule has 1 aliphatic heterocycles. The molecular formula is C15H23N3O2S. The predicted octanol–water partition coefficient (Wildman–Crippen LogP) is 1.41. The highest BCUT2D eigenvalue weighted by Crippen LogP contribution is 2.14. The topological polar surface area (TPSA) is 66.6 Å². The standard InChI is InChI=1S/C15H23N3O2S/c1-11(2)10-12(16)14(19)17-5-7-18(8-6-17)15(20)13-4-3-9-21-13/h3-4,9,11-12H,5-8,10,16H2,1-2H3/t12-/m1/s1. The number of carbonyl (C=O) groups is 2. The molecule has 2 N–H and O–H groups in total. The molecule has 0 saturated carbocycles. The van der Waals surface area contributed by atoms with Gasteiger partial charge in [-0.15, -0.1) is 11.3 Å². The summed E-state index contributed by atoms with van der Waals surface area (Å²) in [6, 6.07) is 3.29. The minimum absolute atomic E-state index is 0.00641. The summed E-state index contributed by atoms with van der Waals surface area (Å²) in [6.45, 7) is 6.42. The van der Waals surface area contributed by atoms with Crippen molar-refractivity contribution < 1.29 is 9.59 Å². The highest BCUT2D eigenvalue weighted by atomic mass is 32.1. The van der Waals surface area contributed by atoms with Crippen molar-refractivity contribution in [2.24, 2.45) is 11.7 Å². The van der Waals surface area contributed by atoms with E-state index in [1.54, 1.807) is 4.90 Å². The molecule has 1 atom stereocenters. The molecule has 2 heterocycles. The molecule has 0 aromatic carbocycles. The molecule has 5 nitrogen and oxygen atoms in total. The molecule has 2 rings (SSSR count). The van der Waals surface area contributed by atoms with Gasteiger partial charge in [-0.25, -0.2) is 0 Å². The number of amides is 2. The minimum atomic E-state index is -0.426. The van der Waals surface area contributed by atoms with Crippen LogP contribution in [0.2, 0.25) is 0 Å². The zero-order valence-corrected chi connectivity index (χ0v) is 13.4. The maximum atomic E-state index is 12.2. The highest BCUT2D eigenvalue weighted by Gasteiger charge is 2.28. The van der Waals surface area contributed by atoms with Gasteiger partial charge in [0.15, 0.2) is 0 Å². The van der Waals surface area contributed by atoms with Gasteiger partial charge in [0, 0.05) is 26.2 Å². The lowest BCUT2D eigenvalue weighted by Gasteiger charge is -2.36. The van der Waals surface area contributed by atoms with Crippen molar-refractivity contribution in [3.8, 4) is 0 Å². The number of rotatable bonds is 4. The number of hydrogen-bond acceptors (Lipinski definition) is 4. The van der Waals surface area contributed by atoms with Crippen LogP contribution in [-0.2, 0) is 4.79 Å². The van der Waals surface area contributed by atoms with Crippen LogP contribution in [0, 0.1) is 5.92 Å². The molecule has 1 aromatic heterocycles. The van der Waals surface area contributed by atoms with Crippen molar-refractivity contribution in [3.63, 3.8) is 0 Å². The third-order valence-corrected chi connectivity index (χ3v) is 4.51. The van der Waals surface area contributed by atoms with Gasteiger partial charge in [-0.2, -0.15) is 0 Å². The Labute approximate surface area is 129 Å². The van der Waals surface area contributed by atoms with Crippen LogP contribution < -0.4 is 5.73 Å². The van der Waals surface area contributed by atoms with E-state index in [1.165, 1.54) is 11.3 Å². The molecule has 0 bridgehead atoms. The van der Waals surface area contributed by atoms with Crippen LogP contribution in [-0.4, -0.2) is 53.8 Å². The van der Waals surface area contributed by atoms with Crippen LogP contribution in [0.4, 0.5) is 0 Å². The number of nitrogens with zero attached hydrogens (tertiary/aromatic N) is 2.